The van der Waals surface area contributed by atoms with Gasteiger partial charge in [-0.1, -0.05) is 11.6 Å². The molecule has 1 N–H and O–H groups in total. The van der Waals surface area contributed by atoms with Crippen molar-refractivity contribution in [1.82, 2.24) is 5.32 Å². The molecule has 0 aliphatic heterocycles. The second kappa shape index (κ2) is 5.94. The highest BCUT2D eigenvalue weighted by Crippen LogP contribution is 2.27. The molecule has 0 amide bonds. The quantitative estimate of drug-likeness (QED) is 0.888. The van der Waals surface area contributed by atoms with Crippen molar-refractivity contribution in [2.45, 2.75) is 53.2 Å². The molecule has 3 heteroatoms. The van der Waals surface area contributed by atoms with Crippen LogP contribution in [0.1, 0.15) is 38.8 Å². The van der Waals surface area contributed by atoms with E-state index in [1.165, 1.54) is 0 Å². The van der Waals surface area contributed by atoms with Crippen molar-refractivity contribution in [2.24, 2.45) is 0 Å². The second-order valence-corrected chi connectivity index (χ2v) is 6.36. The number of aryl methyl sites for hydroxylation is 2. The Morgan fingerprint density at radius 2 is 1.72 bits per heavy atom. The molecule has 0 aliphatic carbocycles. The molecule has 18 heavy (non-hydrogen) atoms. The zero-order valence-electron chi connectivity index (χ0n) is 12.2. The molecule has 1 unspecified atom stereocenters. The molecule has 0 saturated carbocycles. The summed E-state index contributed by atoms with van der Waals surface area (Å²) in [6, 6.07) is 3.88. The Labute approximate surface area is 116 Å². The van der Waals surface area contributed by atoms with Gasteiger partial charge in [0.25, 0.3) is 0 Å². The predicted octanol–water partition coefficient (Wildman–Crippen LogP) is 4.11. The molecule has 1 rings (SSSR count). The molecule has 0 aliphatic rings. The van der Waals surface area contributed by atoms with Gasteiger partial charge in [-0.15, -0.1) is 0 Å². The van der Waals surface area contributed by atoms with Crippen LogP contribution < -0.4 is 10.1 Å². The Balaban J connectivity index is 2.68. The number of hydrogen-bond acceptors (Lipinski definition) is 2. The lowest BCUT2D eigenvalue weighted by molar-refractivity contribution is 0.201. The van der Waals surface area contributed by atoms with E-state index in [4.69, 9.17) is 16.3 Å². The highest BCUT2D eigenvalue weighted by molar-refractivity contribution is 6.30. The fraction of sp³-hybridized carbons (Fsp3) is 0.600. The van der Waals surface area contributed by atoms with Crippen LogP contribution in [-0.2, 0) is 0 Å². The zero-order valence-corrected chi connectivity index (χ0v) is 13.0. The highest BCUT2D eigenvalue weighted by Gasteiger charge is 2.14. The van der Waals surface area contributed by atoms with Crippen LogP contribution in [0.3, 0.4) is 0 Å². The maximum absolute atomic E-state index is 6.01. The summed E-state index contributed by atoms with van der Waals surface area (Å²) in [6.45, 7) is 13.4. The molecule has 1 aromatic rings. The van der Waals surface area contributed by atoms with Crippen molar-refractivity contribution in [3.05, 3.63) is 28.3 Å². The van der Waals surface area contributed by atoms with Gasteiger partial charge in [-0.2, -0.15) is 0 Å². The number of ether oxygens (including phenoxy) is 1. The lowest BCUT2D eigenvalue weighted by Crippen LogP contribution is -2.41. The van der Waals surface area contributed by atoms with Gasteiger partial charge in [0.2, 0.25) is 0 Å². The van der Waals surface area contributed by atoms with E-state index in [2.05, 4.69) is 33.0 Å². The van der Waals surface area contributed by atoms with E-state index in [1.807, 2.05) is 26.0 Å². The maximum atomic E-state index is 6.01. The van der Waals surface area contributed by atoms with Crippen LogP contribution in [0.5, 0.6) is 5.75 Å². The molecule has 0 bridgehead atoms. The first-order valence-electron chi connectivity index (χ1n) is 6.37. The van der Waals surface area contributed by atoms with E-state index >= 15 is 0 Å². The maximum Gasteiger partial charge on any atom is 0.125 e. The van der Waals surface area contributed by atoms with Gasteiger partial charge in [0.1, 0.15) is 11.9 Å². The minimum absolute atomic E-state index is 0.113. The first-order chi connectivity index (χ1) is 8.19. The van der Waals surface area contributed by atoms with Gasteiger partial charge in [0, 0.05) is 17.1 Å². The number of hydrogen-bond donors (Lipinski definition) is 1. The van der Waals surface area contributed by atoms with Gasteiger partial charge in [-0.3, -0.25) is 0 Å². The van der Waals surface area contributed by atoms with Crippen LogP contribution in [0.4, 0.5) is 0 Å². The lowest BCUT2D eigenvalue weighted by atomic mass is 10.1. The van der Waals surface area contributed by atoms with Crippen LogP contribution in [0, 0.1) is 13.8 Å². The second-order valence-electron chi connectivity index (χ2n) is 5.93. The minimum Gasteiger partial charge on any atom is -0.489 e. The smallest absolute Gasteiger partial charge is 0.125 e. The lowest BCUT2D eigenvalue weighted by Gasteiger charge is -2.25. The first-order valence-corrected chi connectivity index (χ1v) is 6.75. The third-order valence-corrected chi connectivity index (χ3v) is 2.88. The summed E-state index contributed by atoms with van der Waals surface area (Å²) in [5.74, 6) is 0.947. The largest absolute Gasteiger partial charge is 0.489 e. The number of rotatable bonds is 4. The molecular formula is C15H24ClNO. The summed E-state index contributed by atoms with van der Waals surface area (Å²) >= 11 is 6.01. The van der Waals surface area contributed by atoms with Crippen molar-refractivity contribution in [1.29, 1.82) is 0 Å². The van der Waals surface area contributed by atoms with E-state index in [0.717, 1.165) is 28.4 Å². The fourth-order valence-corrected chi connectivity index (χ4v) is 2.10. The van der Waals surface area contributed by atoms with E-state index in [0.29, 0.717) is 0 Å². The molecular weight excluding hydrogens is 246 g/mol. The summed E-state index contributed by atoms with van der Waals surface area (Å²) in [5.41, 5.74) is 2.28. The molecule has 2 nitrogen and oxygen atoms in total. The Kier molecular flexibility index (Phi) is 5.06. The average Bonchev–Trinajstić information content (AvgIpc) is 2.19. The third kappa shape index (κ3) is 4.87. The van der Waals surface area contributed by atoms with E-state index in [1.54, 1.807) is 0 Å². The van der Waals surface area contributed by atoms with Crippen molar-refractivity contribution < 1.29 is 4.74 Å². The van der Waals surface area contributed by atoms with E-state index in [9.17, 15) is 0 Å². The van der Waals surface area contributed by atoms with E-state index in [-0.39, 0.29) is 11.6 Å². The summed E-state index contributed by atoms with van der Waals surface area (Å²) in [4.78, 5) is 0. The summed E-state index contributed by atoms with van der Waals surface area (Å²) in [6.07, 6.45) is 0.128. The zero-order chi connectivity index (χ0) is 13.9. The van der Waals surface area contributed by atoms with Crippen molar-refractivity contribution >= 4 is 11.6 Å². The Morgan fingerprint density at radius 3 is 2.17 bits per heavy atom. The normalized spacial score (nSPS) is 13.5. The SMILES string of the molecule is Cc1cc(Cl)cc(C)c1OC(C)CNC(C)(C)C. The number of halogens is 1. The fourth-order valence-electron chi connectivity index (χ4n) is 1.78. The van der Waals surface area contributed by atoms with Crippen LogP contribution in [0.25, 0.3) is 0 Å². The number of benzene rings is 1. The molecule has 0 aromatic heterocycles. The highest BCUT2D eigenvalue weighted by atomic mass is 35.5. The van der Waals surface area contributed by atoms with Gasteiger partial charge in [0.05, 0.1) is 0 Å². The number of nitrogens with one attached hydrogen (secondary N) is 1. The molecule has 1 atom stereocenters. The molecule has 102 valence electrons. The van der Waals surface area contributed by atoms with Gasteiger partial charge >= 0.3 is 0 Å². The molecule has 0 fully saturated rings. The standard InChI is InChI=1S/C15H24ClNO/c1-10-7-13(16)8-11(2)14(10)18-12(3)9-17-15(4,5)6/h7-8,12,17H,9H2,1-6H3. The monoisotopic (exact) mass is 269 g/mol. The Morgan fingerprint density at radius 1 is 1.22 bits per heavy atom. The third-order valence-electron chi connectivity index (χ3n) is 2.66. The molecule has 1 aromatic carbocycles. The Bertz CT molecular complexity index is 386. The minimum atomic E-state index is 0.113. The van der Waals surface area contributed by atoms with Crippen LogP contribution in [0.15, 0.2) is 12.1 Å². The predicted molar refractivity (Wildman–Crippen MR) is 78.8 cm³/mol. The van der Waals surface area contributed by atoms with Crippen LogP contribution in [-0.4, -0.2) is 18.2 Å². The van der Waals surface area contributed by atoms with Gasteiger partial charge < -0.3 is 10.1 Å². The van der Waals surface area contributed by atoms with Crippen LogP contribution in [0.2, 0.25) is 5.02 Å². The van der Waals surface area contributed by atoms with Gasteiger partial charge in [-0.05, 0) is 64.8 Å². The van der Waals surface area contributed by atoms with Gasteiger partial charge in [0.15, 0.2) is 0 Å². The first kappa shape index (κ1) is 15.3. The summed E-state index contributed by atoms with van der Waals surface area (Å²) in [7, 11) is 0. The molecule has 0 radical (unpaired) electrons. The van der Waals surface area contributed by atoms with Crippen molar-refractivity contribution in [2.75, 3.05) is 6.54 Å². The van der Waals surface area contributed by atoms with Crippen molar-refractivity contribution in [3.63, 3.8) is 0 Å². The van der Waals surface area contributed by atoms with Crippen molar-refractivity contribution in [3.8, 4) is 5.75 Å². The topological polar surface area (TPSA) is 21.3 Å². The molecule has 0 spiro atoms. The summed E-state index contributed by atoms with van der Waals surface area (Å²) < 4.78 is 6.01. The molecule has 0 heterocycles. The molecule has 0 saturated heterocycles. The van der Waals surface area contributed by atoms with Gasteiger partial charge in [-0.25, -0.2) is 0 Å². The summed E-state index contributed by atoms with van der Waals surface area (Å²) in [5, 5.41) is 4.20. The van der Waals surface area contributed by atoms with E-state index < -0.39 is 0 Å². The Hall–Kier alpha value is -0.730. The van der Waals surface area contributed by atoms with Crippen LogP contribution >= 0.6 is 11.6 Å². The average molecular weight is 270 g/mol.